The number of carbonyl (C=O) groups excluding carboxylic acids is 1. The molecule has 0 bridgehead atoms. The monoisotopic (exact) mass is 190 g/mol. The summed E-state index contributed by atoms with van der Waals surface area (Å²) < 4.78 is 5.32. The molecule has 1 aromatic carbocycles. The molecule has 0 unspecified atom stereocenters. The Labute approximate surface area is 83.9 Å². The third kappa shape index (κ3) is 1.07. The Morgan fingerprint density at radius 2 is 1.86 bits per heavy atom. The zero-order chi connectivity index (χ0) is 10.5. The fourth-order valence-electron chi connectivity index (χ4n) is 2.10. The number of hydrogen-bond acceptors (Lipinski definition) is 2. The minimum atomic E-state index is -0.470. The summed E-state index contributed by atoms with van der Waals surface area (Å²) in [5, 5.41) is 0. The van der Waals surface area contributed by atoms with Gasteiger partial charge in [0.05, 0.1) is 5.56 Å². The zero-order valence-electron chi connectivity index (χ0n) is 8.97. The first-order valence-corrected chi connectivity index (χ1v) is 4.77. The first-order valence-electron chi connectivity index (χ1n) is 4.77. The standard InChI is InChI=1S/C12H14O2/c1-7-5-6-9-10(8(7)2)12(3,4)14-11(9)13/h5-6H,1-4H3. The van der Waals surface area contributed by atoms with Crippen molar-refractivity contribution in [1.29, 1.82) is 0 Å². The summed E-state index contributed by atoms with van der Waals surface area (Å²) in [7, 11) is 0. The van der Waals surface area contributed by atoms with E-state index in [0.717, 1.165) is 11.1 Å². The van der Waals surface area contributed by atoms with Crippen molar-refractivity contribution in [3.63, 3.8) is 0 Å². The number of aryl methyl sites for hydroxylation is 1. The fraction of sp³-hybridized carbons (Fsp3) is 0.417. The molecule has 1 aliphatic heterocycles. The topological polar surface area (TPSA) is 26.3 Å². The number of esters is 1. The SMILES string of the molecule is Cc1ccc2c(c1C)C(C)(C)OC2=O. The predicted octanol–water partition coefficient (Wildman–Crippen LogP) is 2.71. The molecule has 0 fully saturated rings. The molecule has 2 heteroatoms. The second-order valence-electron chi connectivity index (χ2n) is 4.33. The average Bonchev–Trinajstić information content (AvgIpc) is 2.29. The molecule has 0 atom stereocenters. The predicted molar refractivity (Wildman–Crippen MR) is 54.4 cm³/mol. The van der Waals surface area contributed by atoms with Crippen LogP contribution in [0.15, 0.2) is 12.1 Å². The molecule has 0 radical (unpaired) electrons. The van der Waals surface area contributed by atoms with Gasteiger partial charge in [-0.2, -0.15) is 0 Å². The van der Waals surface area contributed by atoms with Gasteiger partial charge in [0.1, 0.15) is 5.60 Å². The summed E-state index contributed by atoms with van der Waals surface area (Å²) in [6.45, 7) is 7.96. The Morgan fingerprint density at radius 3 is 2.50 bits per heavy atom. The van der Waals surface area contributed by atoms with Gasteiger partial charge in [-0.15, -0.1) is 0 Å². The van der Waals surface area contributed by atoms with Crippen molar-refractivity contribution >= 4 is 5.97 Å². The highest BCUT2D eigenvalue weighted by Gasteiger charge is 2.39. The first kappa shape index (κ1) is 9.25. The number of rotatable bonds is 0. The highest BCUT2D eigenvalue weighted by molar-refractivity contribution is 5.95. The molecule has 0 aliphatic carbocycles. The van der Waals surface area contributed by atoms with Gasteiger partial charge < -0.3 is 4.74 Å². The molecule has 14 heavy (non-hydrogen) atoms. The van der Waals surface area contributed by atoms with Gasteiger partial charge >= 0.3 is 5.97 Å². The molecule has 1 heterocycles. The summed E-state index contributed by atoms with van der Waals surface area (Å²) >= 11 is 0. The Bertz CT molecular complexity index is 417. The van der Waals surface area contributed by atoms with Crippen molar-refractivity contribution in [3.05, 3.63) is 34.4 Å². The van der Waals surface area contributed by atoms with Gasteiger partial charge in [0, 0.05) is 5.56 Å². The minimum Gasteiger partial charge on any atom is -0.451 e. The molecule has 0 saturated carbocycles. The highest BCUT2D eigenvalue weighted by Crippen LogP contribution is 2.38. The molecule has 0 spiro atoms. The van der Waals surface area contributed by atoms with Crippen LogP contribution in [0.5, 0.6) is 0 Å². The van der Waals surface area contributed by atoms with E-state index in [9.17, 15) is 4.79 Å². The normalized spacial score (nSPS) is 17.9. The second kappa shape index (κ2) is 2.59. The Balaban J connectivity index is 2.77. The summed E-state index contributed by atoms with van der Waals surface area (Å²) in [6.07, 6.45) is 0. The fourth-order valence-corrected chi connectivity index (χ4v) is 2.10. The van der Waals surface area contributed by atoms with E-state index in [1.807, 2.05) is 32.9 Å². The van der Waals surface area contributed by atoms with Crippen LogP contribution in [0, 0.1) is 13.8 Å². The van der Waals surface area contributed by atoms with Gasteiger partial charge in [0.2, 0.25) is 0 Å². The van der Waals surface area contributed by atoms with E-state index < -0.39 is 5.60 Å². The van der Waals surface area contributed by atoms with Gasteiger partial charge in [-0.3, -0.25) is 0 Å². The van der Waals surface area contributed by atoms with Gasteiger partial charge in [0.25, 0.3) is 0 Å². The van der Waals surface area contributed by atoms with Gasteiger partial charge in [0.15, 0.2) is 0 Å². The highest BCUT2D eigenvalue weighted by atomic mass is 16.6. The molecule has 0 aromatic heterocycles. The third-order valence-corrected chi connectivity index (χ3v) is 2.91. The lowest BCUT2D eigenvalue weighted by Gasteiger charge is -2.20. The van der Waals surface area contributed by atoms with Gasteiger partial charge in [-0.25, -0.2) is 4.79 Å². The maximum Gasteiger partial charge on any atom is 0.339 e. The average molecular weight is 190 g/mol. The van der Waals surface area contributed by atoms with E-state index in [4.69, 9.17) is 4.74 Å². The number of fused-ring (bicyclic) bond motifs is 1. The van der Waals surface area contributed by atoms with Crippen LogP contribution in [0.2, 0.25) is 0 Å². The lowest BCUT2D eigenvalue weighted by Crippen LogP contribution is -2.17. The smallest absolute Gasteiger partial charge is 0.339 e. The maximum atomic E-state index is 11.5. The first-order chi connectivity index (χ1) is 6.43. The van der Waals surface area contributed by atoms with Crippen LogP contribution in [-0.4, -0.2) is 5.97 Å². The molecule has 2 rings (SSSR count). The number of cyclic esters (lactones) is 1. The summed E-state index contributed by atoms with van der Waals surface area (Å²) in [5.74, 6) is -0.201. The molecule has 0 N–H and O–H groups in total. The Kier molecular flexibility index (Phi) is 1.71. The molecular weight excluding hydrogens is 176 g/mol. The van der Waals surface area contributed by atoms with Crippen LogP contribution in [0.3, 0.4) is 0 Å². The lowest BCUT2D eigenvalue weighted by molar-refractivity contribution is 0.00938. The molecule has 1 aromatic rings. The summed E-state index contributed by atoms with van der Waals surface area (Å²) in [6, 6.07) is 3.82. The van der Waals surface area contributed by atoms with E-state index in [2.05, 4.69) is 6.92 Å². The number of ether oxygens (including phenoxy) is 1. The van der Waals surface area contributed by atoms with E-state index >= 15 is 0 Å². The number of carbonyl (C=O) groups is 1. The van der Waals surface area contributed by atoms with Gasteiger partial charge in [-0.1, -0.05) is 6.07 Å². The van der Waals surface area contributed by atoms with Crippen LogP contribution in [-0.2, 0) is 10.3 Å². The Hall–Kier alpha value is -1.31. The van der Waals surface area contributed by atoms with Crippen LogP contribution < -0.4 is 0 Å². The molecule has 1 aliphatic rings. The molecule has 2 nitrogen and oxygen atoms in total. The van der Waals surface area contributed by atoms with Crippen molar-refractivity contribution in [2.24, 2.45) is 0 Å². The van der Waals surface area contributed by atoms with Crippen LogP contribution in [0.25, 0.3) is 0 Å². The molecule has 0 amide bonds. The largest absolute Gasteiger partial charge is 0.451 e. The van der Waals surface area contributed by atoms with E-state index in [1.165, 1.54) is 11.1 Å². The van der Waals surface area contributed by atoms with E-state index in [0.29, 0.717) is 0 Å². The van der Waals surface area contributed by atoms with Crippen molar-refractivity contribution in [2.45, 2.75) is 33.3 Å². The van der Waals surface area contributed by atoms with Crippen molar-refractivity contribution in [3.8, 4) is 0 Å². The maximum absolute atomic E-state index is 11.5. The lowest BCUT2D eigenvalue weighted by atomic mass is 9.89. The van der Waals surface area contributed by atoms with Crippen LogP contribution in [0.1, 0.15) is 40.9 Å². The molecule has 74 valence electrons. The van der Waals surface area contributed by atoms with Crippen molar-refractivity contribution in [2.75, 3.05) is 0 Å². The zero-order valence-corrected chi connectivity index (χ0v) is 8.97. The Morgan fingerprint density at radius 1 is 1.21 bits per heavy atom. The second-order valence-corrected chi connectivity index (χ2v) is 4.33. The van der Waals surface area contributed by atoms with Crippen LogP contribution >= 0.6 is 0 Å². The molecule has 0 saturated heterocycles. The van der Waals surface area contributed by atoms with Gasteiger partial charge in [-0.05, 0) is 44.9 Å². The number of hydrogen-bond donors (Lipinski definition) is 0. The third-order valence-electron chi connectivity index (χ3n) is 2.91. The minimum absolute atomic E-state index is 0.201. The quantitative estimate of drug-likeness (QED) is 0.588. The van der Waals surface area contributed by atoms with Crippen LogP contribution in [0.4, 0.5) is 0 Å². The van der Waals surface area contributed by atoms with E-state index in [-0.39, 0.29) is 5.97 Å². The van der Waals surface area contributed by atoms with E-state index in [1.54, 1.807) is 0 Å². The molecular formula is C12H14O2. The summed E-state index contributed by atoms with van der Waals surface area (Å²) in [4.78, 5) is 11.5. The summed E-state index contributed by atoms with van der Waals surface area (Å²) in [5.41, 5.74) is 3.66. The van der Waals surface area contributed by atoms with Crippen molar-refractivity contribution < 1.29 is 9.53 Å². The van der Waals surface area contributed by atoms with Crippen molar-refractivity contribution in [1.82, 2.24) is 0 Å². The number of benzene rings is 1.